The molecule has 0 spiro atoms. The van der Waals surface area contributed by atoms with Gasteiger partial charge in [-0.2, -0.15) is 26.3 Å². The number of rotatable bonds is 10. The molecular formula is C25H19F6NO5. The van der Waals surface area contributed by atoms with Gasteiger partial charge in [-0.15, -0.1) is 0 Å². The Morgan fingerprint density at radius 3 is 1.70 bits per heavy atom. The van der Waals surface area contributed by atoms with E-state index in [1.165, 1.54) is 42.6 Å². The van der Waals surface area contributed by atoms with Crippen molar-refractivity contribution >= 4 is 12.2 Å². The largest absolute Gasteiger partial charge is 0.485 e. The molecule has 3 rings (SSSR count). The van der Waals surface area contributed by atoms with Crippen molar-refractivity contribution in [1.82, 2.24) is 0 Å². The number of halogens is 6. The Balaban J connectivity index is 1.75. The molecule has 0 aliphatic heterocycles. The highest BCUT2D eigenvalue weighted by atomic mass is 19.4. The van der Waals surface area contributed by atoms with Gasteiger partial charge in [-0.3, -0.25) is 0 Å². The van der Waals surface area contributed by atoms with Crippen molar-refractivity contribution in [3.63, 3.8) is 0 Å². The van der Waals surface area contributed by atoms with E-state index in [9.17, 15) is 31.1 Å². The van der Waals surface area contributed by atoms with Crippen LogP contribution < -0.4 is 9.47 Å². The van der Waals surface area contributed by atoms with Crippen LogP contribution in [0, 0.1) is 0 Å². The summed E-state index contributed by atoms with van der Waals surface area (Å²) in [4.78, 5) is 15.1. The first-order chi connectivity index (χ1) is 17.4. The van der Waals surface area contributed by atoms with Gasteiger partial charge in [0.15, 0.2) is 11.5 Å². The van der Waals surface area contributed by atoms with Crippen LogP contribution in [0.5, 0.6) is 11.5 Å². The summed E-state index contributed by atoms with van der Waals surface area (Å²) in [5.41, 5.74) is -0.295. The van der Waals surface area contributed by atoms with Crippen molar-refractivity contribution < 1.29 is 50.6 Å². The van der Waals surface area contributed by atoms with E-state index in [0.29, 0.717) is 16.7 Å². The molecule has 12 heteroatoms. The summed E-state index contributed by atoms with van der Waals surface area (Å²) >= 11 is 0. The maximum Gasteiger partial charge on any atom is 0.416 e. The van der Waals surface area contributed by atoms with Crippen molar-refractivity contribution in [3.05, 3.63) is 94.5 Å². The average Bonchev–Trinajstić information content (AvgIpc) is 2.84. The molecule has 6 nitrogen and oxygen atoms in total. The Labute approximate surface area is 206 Å². The lowest BCUT2D eigenvalue weighted by Crippen LogP contribution is -2.06. The quantitative estimate of drug-likeness (QED) is 0.190. The number of hydrogen-bond acceptors (Lipinski definition) is 5. The molecule has 0 fully saturated rings. The number of benzene rings is 3. The van der Waals surface area contributed by atoms with E-state index < -0.39 is 36.1 Å². The Morgan fingerprint density at radius 1 is 0.757 bits per heavy atom. The lowest BCUT2D eigenvalue weighted by Gasteiger charge is -2.14. The number of ether oxygens (including phenoxy) is 2. The van der Waals surface area contributed by atoms with Crippen molar-refractivity contribution in [2.45, 2.75) is 25.6 Å². The average molecular weight is 527 g/mol. The minimum Gasteiger partial charge on any atom is -0.485 e. The van der Waals surface area contributed by atoms with E-state index in [4.69, 9.17) is 14.6 Å². The predicted molar refractivity (Wildman–Crippen MR) is 119 cm³/mol. The van der Waals surface area contributed by atoms with Gasteiger partial charge < -0.3 is 19.4 Å². The van der Waals surface area contributed by atoms with Gasteiger partial charge in [-0.1, -0.05) is 29.4 Å². The molecular weight excluding hydrogens is 508 g/mol. The maximum atomic E-state index is 12.8. The highest BCUT2D eigenvalue weighted by Crippen LogP contribution is 2.32. The molecule has 0 bridgehead atoms. The van der Waals surface area contributed by atoms with Crippen molar-refractivity contribution in [2.75, 3.05) is 6.61 Å². The molecule has 0 amide bonds. The van der Waals surface area contributed by atoms with Crippen LogP contribution >= 0.6 is 0 Å². The molecule has 0 aromatic heterocycles. The third-order valence-corrected chi connectivity index (χ3v) is 4.78. The smallest absolute Gasteiger partial charge is 0.416 e. The molecule has 3 aromatic rings. The van der Waals surface area contributed by atoms with Crippen LogP contribution in [0.15, 0.2) is 71.9 Å². The molecule has 1 N–H and O–H groups in total. The topological polar surface area (TPSA) is 77.4 Å². The number of oxime groups is 1. The third kappa shape index (κ3) is 8.44. The van der Waals surface area contributed by atoms with E-state index in [1.807, 2.05) is 0 Å². The van der Waals surface area contributed by atoms with Crippen LogP contribution in [0.4, 0.5) is 26.3 Å². The molecule has 37 heavy (non-hydrogen) atoms. The second-order valence-corrected chi connectivity index (χ2v) is 7.57. The summed E-state index contributed by atoms with van der Waals surface area (Å²) < 4.78 is 88.1. The molecule has 196 valence electrons. The van der Waals surface area contributed by atoms with E-state index in [2.05, 4.69) is 9.99 Å². The molecule has 3 aromatic carbocycles. The van der Waals surface area contributed by atoms with Gasteiger partial charge in [0.2, 0.25) is 6.61 Å². The number of hydrogen-bond donors (Lipinski definition) is 1. The van der Waals surface area contributed by atoms with E-state index in [1.54, 1.807) is 6.07 Å². The highest BCUT2D eigenvalue weighted by molar-refractivity contribution is 5.80. The van der Waals surface area contributed by atoms with Gasteiger partial charge in [0.05, 0.1) is 17.3 Å². The minimum absolute atomic E-state index is 0.0933. The lowest BCUT2D eigenvalue weighted by molar-refractivity contribution is -0.142. The molecule has 0 atom stereocenters. The third-order valence-electron chi connectivity index (χ3n) is 4.78. The van der Waals surface area contributed by atoms with Crippen LogP contribution in [0.1, 0.15) is 27.8 Å². The zero-order chi connectivity index (χ0) is 27.1. The van der Waals surface area contributed by atoms with Crippen LogP contribution in [0.3, 0.4) is 0 Å². The molecule has 0 unspecified atom stereocenters. The number of nitrogens with zero attached hydrogens (tertiary/aromatic N) is 1. The summed E-state index contributed by atoms with van der Waals surface area (Å²) in [5, 5.41) is 12.1. The first-order valence-electron chi connectivity index (χ1n) is 10.5. The standard InChI is InChI=1S/C25H19F6NO5/c26-24(27,28)19-6-1-16(2-7-19)13-35-21-10-5-18(12-32-37-15-23(33)34)11-22(21)36-14-17-3-8-20(9-4-17)25(29,30)31/h1-12H,13-15H2,(H,33,34). The summed E-state index contributed by atoms with van der Waals surface area (Å²) in [6.07, 6.45) is -7.73. The highest BCUT2D eigenvalue weighted by Gasteiger charge is 2.30. The molecule has 0 saturated carbocycles. The van der Waals surface area contributed by atoms with Crippen LogP contribution in [-0.2, 0) is 35.2 Å². The van der Waals surface area contributed by atoms with Gasteiger partial charge in [-0.25, -0.2) is 4.79 Å². The van der Waals surface area contributed by atoms with Crippen LogP contribution in [0.25, 0.3) is 0 Å². The zero-order valence-electron chi connectivity index (χ0n) is 18.8. The van der Waals surface area contributed by atoms with Gasteiger partial charge in [0.25, 0.3) is 0 Å². The fourth-order valence-electron chi connectivity index (χ4n) is 2.93. The molecule has 0 heterocycles. The fraction of sp³-hybridized carbons (Fsp3) is 0.200. The van der Waals surface area contributed by atoms with E-state index in [0.717, 1.165) is 24.3 Å². The molecule has 0 saturated heterocycles. The summed E-state index contributed by atoms with van der Waals surface area (Å²) in [7, 11) is 0. The number of carboxylic acid groups (broad SMARTS) is 1. The van der Waals surface area contributed by atoms with Crippen molar-refractivity contribution in [2.24, 2.45) is 5.16 Å². The Bertz CT molecular complexity index is 1220. The van der Waals surface area contributed by atoms with Gasteiger partial charge in [0, 0.05) is 5.56 Å². The number of alkyl halides is 6. The predicted octanol–water partition coefficient (Wildman–Crippen LogP) is 6.32. The first kappa shape index (κ1) is 27.4. The maximum absolute atomic E-state index is 12.8. The Morgan fingerprint density at radius 2 is 1.24 bits per heavy atom. The summed E-state index contributed by atoms with van der Waals surface area (Å²) in [5.74, 6) is -0.853. The fourth-order valence-corrected chi connectivity index (χ4v) is 2.93. The Hall–Kier alpha value is -4.22. The minimum atomic E-state index is -4.48. The zero-order valence-corrected chi connectivity index (χ0v) is 18.8. The monoisotopic (exact) mass is 527 g/mol. The second kappa shape index (κ2) is 11.7. The van der Waals surface area contributed by atoms with E-state index >= 15 is 0 Å². The lowest BCUT2D eigenvalue weighted by atomic mass is 10.1. The first-order valence-corrected chi connectivity index (χ1v) is 10.5. The van der Waals surface area contributed by atoms with Gasteiger partial charge in [0.1, 0.15) is 13.2 Å². The number of carboxylic acids is 1. The number of carbonyl (C=O) groups is 1. The van der Waals surface area contributed by atoms with Crippen molar-refractivity contribution in [3.8, 4) is 11.5 Å². The van der Waals surface area contributed by atoms with Crippen LogP contribution in [0.2, 0.25) is 0 Å². The second-order valence-electron chi connectivity index (χ2n) is 7.57. The molecule has 0 aliphatic carbocycles. The summed E-state index contributed by atoms with van der Waals surface area (Å²) in [6, 6.07) is 13.3. The molecule has 0 radical (unpaired) electrons. The van der Waals surface area contributed by atoms with Gasteiger partial charge >= 0.3 is 18.3 Å². The normalized spacial score (nSPS) is 11.9. The summed E-state index contributed by atoms with van der Waals surface area (Å²) in [6.45, 7) is -0.864. The van der Waals surface area contributed by atoms with Gasteiger partial charge in [-0.05, 0) is 53.6 Å². The van der Waals surface area contributed by atoms with Crippen LogP contribution in [-0.4, -0.2) is 23.9 Å². The number of aliphatic carboxylic acids is 1. The molecule has 0 aliphatic rings. The van der Waals surface area contributed by atoms with Crippen molar-refractivity contribution in [1.29, 1.82) is 0 Å². The SMILES string of the molecule is O=C(O)CON=Cc1ccc(OCc2ccc(C(F)(F)F)cc2)c(OCc2ccc(C(F)(F)F)cc2)c1. The van der Waals surface area contributed by atoms with E-state index in [-0.39, 0.29) is 24.7 Å². The Kier molecular flexibility index (Phi) is 8.64.